The van der Waals surface area contributed by atoms with Crippen molar-refractivity contribution < 1.29 is 4.74 Å². The summed E-state index contributed by atoms with van der Waals surface area (Å²) in [5.41, 5.74) is 3.84. The molecule has 0 saturated heterocycles. The number of rotatable bonds is 5. The van der Waals surface area contributed by atoms with Crippen LogP contribution in [0.25, 0.3) is 11.0 Å². The molecule has 0 aliphatic heterocycles. The number of imidazole rings is 1. The summed E-state index contributed by atoms with van der Waals surface area (Å²) in [6.45, 7) is 8.21. The molecule has 148 valence electrons. The first-order valence-electron chi connectivity index (χ1n) is 10.7. The summed E-state index contributed by atoms with van der Waals surface area (Å²) < 4.78 is 8.49. The van der Waals surface area contributed by atoms with E-state index in [9.17, 15) is 0 Å². The van der Waals surface area contributed by atoms with Gasteiger partial charge in [0.05, 0.1) is 17.6 Å². The molecule has 0 amide bonds. The van der Waals surface area contributed by atoms with Crippen LogP contribution in [0.15, 0.2) is 48.5 Å². The molecule has 0 unspecified atom stereocenters. The highest BCUT2D eigenvalue weighted by atomic mass is 16.5. The van der Waals surface area contributed by atoms with E-state index in [1.54, 1.807) is 0 Å². The average Bonchev–Trinajstić information content (AvgIpc) is 3.07. The van der Waals surface area contributed by atoms with Gasteiger partial charge in [-0.1, -0.05) is 64.3 Å². The maximum absolute atomic E-state index is 6.09. The molecule has 0 atom stereocenters. The van der Waals surface area contributed by atoms with Gasteiger partial charge in [-0.05, 0) is 48.1 Å². The largest absolute Gasteiger partial charge is 0.492 e. The van der Waals surface area contributed by atoms with Crippen molar-refractivity contribution in [3.05, 3.63) is 59.9 Å². The van der Waals surface area contributed by atoms with Crippen LogP contribution in [0.1, 0.15) is 70.2 Å². The van der Waals surface area contributed by atoms with Crippen molar-refractivity contribution in [2.24, 2.45) is 0 Å². The summed E-state index contributed by atoms with van der Waals surface area (Å²) in [5, 5.41) is 0. The molecule has 1 fully saturated rings. The van der Waals surface area contributed by atoms with Crippen molar-refractivity contribution in [3.63, 3.8) is 0 Å². The smallest absolute Gasteiger partial charge is 0.119 e. The summed E-state index contributed by atoms with van der Waals surface area (Å²) in [6.07, 6.45) is 6.54. The maximum atomic E-state index is 6.09. The van der Waals surface area contributed by atoms with Crippen LogP contribution in [0.4, 0.5) is 0 Å². The Morgan fingerprint density at radius 3 is 2.39 bits per heavy atom. The van der Waals surface area contributed by atoms with E-state index in [1.165, 1.54) is 49.0 Å². The summed E-state index contributed by atoms with van der Waals surface area (Å²) >= 11 is 0. The van der Waals surface area contributed by atoms with Gasteiger partial charge in [0.1, 0.15) is 18.2 Å². The molecule has 1 aliphatic carbocycles. The summed E-state index contributed by atoms with van der Waals surface area (Å²) in [7, 11) is 0. The lowest BCUT2D eigenvalue weighted by Crippen LogP contribution is -2.16. The van der Waals surface area contributed by atoms with E-state index in [0.717, 1.165) is 17.8 Å². The predicted molar refractivity (Wildman–Crippen MR) is 116 cm³/mol. The molecule has 28 heavy (non-hydrogen) atoms. The van der Waals surface area contributed by atoms with Crippen LogP contribution in [0.5, 0.6) is 5.75 Å². The van der Waals surface area contributed by atoms with Gasteiger partial charge in [0, 0.05) is 5.92 Å². The monoisotopic (exact) mass is 376 g/mol. The highest BCUT2D eigenvalue weighted by molar-refractivity contribution is 5.76. The number of benzene rings is 2. The van der Waals surface area contributed by atoms with Gasteiger partial charge in [0.2, 0.25) is 0 Å². The standard InChI is InChI=1S/C25H32N2O/c1-25(2,3)20-13-15-21(16-14-20)28-18-17-27-23-12-8-7-11-22(23)26-24(27)19-9-5-4-6-10-19/h7-8,11-16,19H,4-6,9-10,17-18H2,1-3H3. The lowest BCUT2D eigenvalue weighted by Gasteiger charge is -2.22. The van der Waals surface area contributed by atoms with E-state index in [2.05, 4.69) is 73.9 Å². The highest BCUT2D eigenvalue weighted by Crippen LogP contribution is 2.34. The number of aromatic nitrogens is 2. The molecule has 0 N–H and O–H groups in total. The van der Waals surface area contributed by atoms with Gasteiger partial charge in [-0.15, -0.1) is 0 Å². The second-order valence-corrected chi connectivity index (χ2v) is 9.07. The first-order chi connectivity index (χ1) is 13.5. The molecule has 1 saturated carbocycles. The van der Waals surface area contributed by atoms with E-state index < -0.39 is 0 Å². The van der Waals surface area contributed by atoms with E-state index in [4.69, 9.17) is 9.72 Å². The Balaban J connectivity index is 1.49. The van der Waals surface area contributed by atoms with Gasteiger partial charge in [-0.25, -0.2) is 4.98 Å². The minimum absolute atomic E-state index is 0.170. The Morgan fingerprint density at radius 1 is 0.964 bits per heavy atom. The zero-order chi connectivity index (χ0) is 19.6. The normalized spacial score (nSPS) is 15.8. The quantitative estimate of drug-likeness (QED) is 0.511. The molecular weight excluding hydrogens is 344 g/mol. The van der Waals surface area contributed by atoms with Crippen molar-refractivity contribution in [1.29, 1.82) is 0 Å². The van der Waals surface area contributed by atoms with Gasteiger partial charge in [0.15, 0.2) is 0 Å². The van der Waals surface area contributed by atoms with Crippen LogP contribution in [-0.2, 0) is 12.0 Å². The van der Waals surface area contributed by atoms with Crippen LogP contribution < -0.4 is 4.74 Å². The van der Waals surface area contributed by atoms with E-state index in [0.29, 0.717) is 12.5 Å². The lowest BCUT2D eigenvalue weighted by atomic mass is 9.87. The molecule has 3 heteroatoms. The van der Waals surface area contributed by atoms with Gasteiger partial charge in [0.25, 0.3) is 0 Å². The fraction of sp³-hybridized carbons (Fsp3) is 0.480. The molecule has 0 radical (unpaired) electrons. The fourth-order valence-corrected chi connectivity index (χ4v) is 4.31. The van der Waals surface area contributed by atoms with E-state index >= 15 is 0 Å². The molecular formula is C25H32N2O. The van der Waals surface area contributed by atoms with Gasteiger partial charge in [-0.3, -0.25) is 0 Å². The molecule has 1 aromatic heterocycles. The van der Waals surface area contributed by atoms with Gasteiger partial charge >= 0.3 is 0 Å². The Hall–Kier alpha value is -2.29. The molecule has 3 nitrogen and oxygen atoms in total. The Morgan fingerprint density at radius 2 is 1.68 bits per heavy atom. The van der Waals surface area contributed by atoms with Crippen LogP contribution in [-0.4, -0.2) is 16.2 Å². The zero-order valence-electron chi connectivity index (χ0n) is 17.4. The predicted octanol–water partition coefficient (Wildman–Crippen LogP) is 6.46. The summed E-state index contributed by atoms with van der Waals surface area (Å²) in [5.74, 6) is 2.79. The second-order valence-electron chi connectivity index (χ2n) is 9.07. The Kier molecular flexibility index (Phi) is 5.43. The fourth-order valence-electron chi connectivity index (χ4n) is 4.31. The first kappa shape index (κ1) is 19.0. The third-order valence-electron chi connectivity index (χ3n) is 5.96. The van der Waals surface area contributed by atoms with Crippen molar-refractivity contribution in [2.45, 2.75) is 70.8 Å². The molecule has 1 aliphatic rings. The second kappa shape index (κ2) is 7.98. The molecule has 2 aromatic carbocycles. The number of hydrogen-bond acceptors (Lipinski definition) is 2. The van der Waals surface area contributed by atoms with Crippen molar-refractivity contribution in [1.82, 2.24) is 9.55 Å². The minimum Gasteiger partial charge on any atom is -0.492 e. The maximum Gasteiger partial charge on any atom is 0.119 e. The minimum atomic E-state index is 0.170. The number of fused-ring (bicyclic) bond motifs is 1. The zero-order valence-corrected chi connectivity index (χ0v) is 17.4. The Bertz CT molecular complexity index is 912. The number of hydrogen-bond donors (Lipinski definition) is 0. The third kappa shape index (κ3) is 4.09. The van der Waals surface area contributed by atoms with E-state index in [1.807, 2.05) is 0 Å². The van der Waals surface area contributed by atoms with Crippen LogP contribution in [0.3, 0.4) is 0 Å². The molecule has 0 bridgehead atoms. The lowest BCUT2D eigenvalue weighted by molar-refractivity contribution is 0.294. The molecule has 4 rings (SSSR count). The van der Waals surface area contributed by atoms with Gasteiger partial charge < -0.3 is 9.30 Å². The molecule has 1 heterocycles. The van der Waals surface area contributed by atoms with Crippen molar-refractivity contribution >= 4 is 11.0 Å². The third-order valence-corrected chi connectivity index (χ3v) is 5.96. The average molecular weight is 377 g/mol. The van der Waals surface area contributed by atoms with Crippen molar-refractivity contribution in [3.8, 4) is 5.75 Å². The highest BCUT2D eigenvalue weighted by Gasteiger charge is 2.22. The topological polar surface area (TPSA) is 27.1 Å². The van der Waals surface area contributed by atoms with Crippen LogP contribution in [0, 0.1) is 0 Å². The number of nitrogens with zero attached hydrogens (tertiary/aromatic N) is 2. The van der Waals surface area contributed by atoms with Crippen LogP contribution in [0.2, 0.25) is 0 Å². The SMILES string of the molecule is CC(C)(C)c1ccc(OCCn2c(C3CCCCC3)nc3ccccc32)cc1. The summed E-state index contributed by atoms with van der Waals surface area (Å²) in [4.78, 5) is 5.01. The summed E-state index contributed by atoms with van der Waals surface area (Å²) in [6, 6.07) is 17.0. The van der Waals surface area contributed by atoms with Gasteiger partial charge in [-0.2, -0.15) is 0 Å². The van der Waals surface area contributed by atoms with E-state index in [-0.39, 0.29) is 5.41 Å². The number of para-hydroxylation sites is 2. The number of ether oxygens (including phenoxy) is 1. The van der Waals surface area contributed by atoms with Crippen molar-refractivity contribution in [2.75, 3.05) is 6.61 Å². The van der Waals surface area contributed by atoms with Crippen LogP contribution >= 0.6 is 0 Å². The molecule has 0 spiro atoms. The molecule has 3 aromatic rings. The Labute approximate surface area is 168 Å². The first-order valence-corrected chi connectivity index (χ1v) is 10.7.